The number of rotatable bonds is 6. The Hall–Kier alpha value is -2.21. The monoisotopic (exact) mass is 329 g/mol. The molecule has 1 atom stereocenters. The van der Waals surface area contributed by atoms with Crippen molar-refractivity contribution in [1.29, 1.82) is 0 Å². The molecule has 6 heteroatoms. The molecule has 23 heavy (non-hydrogen) atoms. The molecule has 1 aliphatic carbocycles. The molecule has 1 heterocycles. The average molecular weight is 329 g/mol. The highest BCUT2D eigenvalue weighted by molar-refractivity contribution is 7.13. The molecule has 0 aliphatic heterocycles. The smallest absolute Gasteiger partial charge is 0.229 e. The molecule has 0 saturated heterocycles. The SMILES string of the molecule is C[C@H](NC(=O)Cc1csc(NC(=O)C2CC2)n1)c1ccccc1. The number of aromatic nitrogens is 1. The summed E-state index contributed by atoms with van der Waals surface area (Å²) in [5, 5.41) is 8.15. The molecule has 3 rings (SSSR count). The van der Waals surface area contributed by atoms with Crippen LogP contribution in [0, 0.1) is 5.92 Å². The second kappa shape index (κ2) is 6.91. The van der Waals surface area contributed by atoms with E-state index in [-0.39, 0.29) is 30.2 Å². The summed E-state index contributed by atoms with van der Waals surface area (Å²) in [7, 11) is 0. The van der Waals surface area contributed by atoms with Crippen molar-refractivity contribution >= 4 is 28.3 Å². The lowest BCUT2D eigenvalue weighted by atomic mass is 10.1. The molecule has 0 spiro atoms. The number of carbonyl (C=O) groups is 2. The van der Waals surface area contributed by atoms with Gasteiger partial charge in [0.1, 0.15) is 0 Å². The molecule has 2 aromatic rings. The van der Waals surface area contributed by atoms with Crippen LogP contribution in [0.1, 0.15) is 37.1 Å². The average Bonchev–Trinajstić information content (AvgIpc) is 3.31. The van der Waals surface area contributed by atoms with E-state index >= 15 is 0 Å². The fourth-order valence-corrected chi connectivity index (χ4v) is 2.99. The van der Waals surface area contributed by atoms with Gasteiger partial charge in [-0.05, 0) is 25.3 Å². The summed E-state index contributed by atoms with van der Waals surface area (Å²) in [4.78, 5) is 28.1. The molecule has 1 aliphatic rings. The number of amides is 2. The van der Waals surface area contributed by atoms with Crippen LogP contribution in [0.3, 0.4) is 0 Å². The Morgan fingerprint density at radius 1 is 1.30 bits per heavy atom. The Bertz CT molecular complexity index is 695. The summed E-state index contributed by atoms with van der Waals surface area (Å²) in [6.45, 7) is 1.95. The summed E-state index contributed by atoms with van der Waals surface area (Å²) in [6, 6.07) is 9.78. The summed E-state index contributed by atoms with van der Waals surface area (Å²) >= 11 is 1.36. The summed E-state index contributed by atoms with van der Waals surface area (Å²) in [6.07, 6.45) is 2.14. The van der Waals surface area contributed by atoms with Crippen molar-refractivity contribution in [3.8, 4) is 0 Å². The van der Waals surface area contributed by atoms with E-state index in [2.05, 4.69) is 15.6 Å². The van der Waals surface area contributed by atoms with Crippen LogP contribution < -0.4 is 10.6 Å². The lowest BCUT2D eigenvalue weighted by Gasteiger charge is -2.13. The Labute approximate surface area is 139 Å². The van der Waals surface area contributed by atoms with Gasteiger partial charge >= 0.3 is 0 Å². The maximum atomic E-state index is 12.1. The van der Waals surface area contributed by atoms with Crippen molar-refractivity contribution in [3.05, 3.63) is 47.0 Å². The predicted octanol–water partition coefficient (Wildman–Crippen LogP) is 2.91. The third kappa shape index (κ3) is 4.39. The molecular formula is C17H19N3O2S. The highest BCUT2D eigenvalue weighted by Gasteiger charge is 2.30. The number of hydrogen-bond acceptors (Lipinski definition) is 4. The summed E-state index contributed by atoms with van der Waals surface area (Å²) in [5.74, 6) is 0.108. The van der Waals surface area contributed by atoms with Gasteiger partial charge in [0.2, 0.25) is 11.8 Å². The Morgan fingerprint density at radius 2 is 2.04 bits per heavy atom. The molecule has 2 amide bonds. The lowest BCUT2D eigenvalue weighted by Crippen LogP contribution is -2.28. The first-order valence-corrected chi connectivity index (χ1v) is 8.59. The quantitative estimate of drug-likeness (QED) is 0.856. The molecule has 2 N–H and O–H groups in total. The zero-order chi connectivity index (χ0) is 16.2. The van der Waals surface area contributed by atoms with Crippen LogP contribution in [-0.2, 0) is 16.0 Å². The number of benzene rings is 1. The number of nitrogens with zero attached hydrogens (tertiary/aromatic N) is 1. The largest absolute Gasteiger partial charge is 0.349 e. The van der Waals surface area contributed by atoms with Gasteiger partial charge in [0.25, 0.3) is 0 Å². The first-order chi connectivity index (χ1) is 11.1. The Balaban J connectivity index is 1.51. The van der Waals surface area contributed by atoms with Crippen LogP contribution in [-0.4, -0.2) is 16.8 Å². The fourth-order valence-electron chi connectivity index (χ4n) is 2.28. The van der Waals surface area contributed by atoms with Gasteiger partial charge in [0, 0.05) is 11.3 Å². The second-order valence-electron chi connectivity index (χ2n) is 5.78. The molecule has 1 aromatic heterocycles. The Kier molecular flexibility index (Phi) is 4.71. The van der Waals surface area contributed by atoms with Gasteiger partial charge < -0.3 is 10.6 Å². The van der Waals surface area contributed by atoms with Gasteiger partial charge in [-0.15, -0.1) is 11.3 Å². The minimum absolute atomic E-state index is 0.0352. The lowest BCUT2D eigenvalue weighted by molar-refractivity contribution is -0.121. The van der Waals surface area contributed by atoms with E-state index in [1.165, 1.54) is 11.3 Å². The molecule has 0 radical (unpaired) electrons. The maximum absolute atomic E-state index is 12.1. The van der Waals surface area contributed by atoms with Crippen LogP contribution in [0.5, 0.6) is 0 Å². The molecule has 5 nitrogen and oxygen atoms in total. The van der Waals surface area contributed by atoms with Crippen LogP contribution in [0.4, 0.5) is 5.13 Å². The number of anilines is 1. The van der Waals surface area contributed by atoms with Crippen LogP contribution in [0.2, 0.25) is 0 Å². The van der Waals surface area contributed by atoms with Gasteiger partial charge in [0.15, 0.2) is 5.13 Å². The number of carbonyl (C=O) groups excluding carboxylic acids is 2. The van der Waals surface area contributed by atoms with Gasteiger partial charge in [-0.25, -0.2) is 4.98 Å². The predicted molar refractivity (Wildman–Crippen MR) is 90.2 cm³/mol. The van der Waals surface area contributed by atoms with Crippen LogP contribution in [0.25, 0.3) is 0 Å². The molecule has 1 fully saturated rings. The summed E-state index contributed by atoms with van der Waals surface area (Å²) < 4.78 is 0. The van der Waals surface area contributed by atoms with E-state index in [0.29, 0.717) is 10.8 Å². The number of nitrogens with one attached hydrogen (secondary N) is 2. The summed E-state index contributed by atoms with van der Waals surface area (Å²) in [5.41, 5.74) is 1.75. The van der Waals surface area contributed by atoms with Gasteiger partial charge in [-0.3, -0.25) is 9.59 Å². The van der Waals surface area contributed by atoms with E-state index in [1.807, 2.05) is 42.6 Å². The first kappa shape index (κ1) is 15.7. The van der Waals surface area contributed by atoms with Crippen LogP contribution in [0.15, 0.2) is 35.7 Å². The number of hydrogen-bond donors (Lipinski definition) is 2. The second-order valence-corrected chi connectivity index (χ2v) is 6.64. The minimum Gasteiger partial charge on any atom is -0.349 e. The van der Waals surface area contributed by atoms with Crippen molar-refractivity contribution in [1.82, 2.24) is 10.3 Å². The van der Waals surface area contributed by atoms with Crippen molar-refractivity contribution in [3.63, 3.8) is 0 Å². The van der Waals surface area contributed by atoms with Gasteiger partial charge in [-0.2, -0.15) is 0 Å². The third-order valence-electron chi connectivity index (χ3n) is 3.75. The normalized spacial score (nSPS) is 15.0. The molecule has 120 valence electrons. The van der Waals surface area contributed by atoms with Crippen molar-refractivity contribution < 1.29 is 9.59 Å². The van der Waals surface area contributed by atoms with Crippen molar-refractivity contribution in [2.24, 2.45) is 5.92 Å². The highest BCUT2D eigenvalue weighted by Crippen LogP contribution is 2.30. The molecule has 1 aromatic carbocycles. The van der Waals surface area contributed by atoms with Crippen molar-refractivity contribution in [2.45, 2.75) is 32.2 Å². The van der Waals surface area contributed by atoms with E-state index in [0.717, 1.165) is 18.4 Å². The van der Waals surface area contributed by atoms with Gasteiger partial charge in [-0.1, -0.05) is 30.3 Å². The highest BCUT2D eigenvalue weighted by atomic mass is 32.1. The standard InChI is InChI=1S/C17H19N3O2S/c1-11(12-5-3-2-4-6-12)18-15(21)9-14-10-23-17(19-14)20-16(22)13-7-8-13/h2-6,10-11,13H,7-9H2,1H3,(H,18,21)(H,19,20,22)/t11-/m0/s1. The maximum Gasteiger partial charge on any atom is 0.229 e. The minimum atomic E-state index is -0.0771. The molecule has 1 saturated carbocycles. The molecule has 0 bridgehead atoms. The first-order valence-electron chi connectivity index (χ1n) is 7.71. The zero-order valence-corrected chi connectivity index (χ0v) is 13.7. The van der Waals surface area contributed by atoms with E-state index < -0.39 is 0 Å². The van der Waals surface area contributed by atoms with E-state index in [1.54, 1.807) is 0 Å². The topological polar surface area (TPSA) is 71.1 Å². The fraction of sp³-hybridized carbons (Fsp3) is 0.353. The van der Waals surface area contributed by atoms with E-state index in [9.17, 15) is 9.59 Å². The zero-order valence-electron chi connectivity index (χ0n) is 12.9. The van der Waals surface area contributed by atoms with E-state index in [4.69, 9.17) is 0 Å². The van der Waals surface area contributed by atoms with Crippen molar-refractivity contribution in [2.75, 3.05) is 5.32 Å². The molecule has 0 unspecified atom stereocenters. The third-order valence-corrected chi connectivity index (χ3v) is 4.56. The molecular weight excluding hydrogens is 310 g/mol. The number of thiazole rings is 1. The van der Waals surface area contributed by atoms with Gasteiger partial charge in [0.05, 0.1) is 18.2 Å². The van der Waals surface area contributed by atoms with Crippen LogP contribution >= 0.6 is 11.3 Å². The Morgan fingerprint density at radius 3 is 2.74 bits per heavy atom.